The molecule has 30 heavy (non-hydrogen) atoms. The van der Waals surface area contributed by atoms with Gasteiger partial charge in [0.15, 0.2) is 5.96 Å². The molecule has 0 spiro atoms. The summed E-state index contributed by atoms with van der Waals surface area (Å²) in [7, 11) is 0. The van der Waals surface area contributed by atoms with Crippen molar-refractivity contribution in [1.29, 1.82) is 0 Å². The number of piperazine rings is 1. The van der Waals surface area contributed by atoms with E-state index in [2.05, 4.69) is 11.1 Å². The van der Waals surface area contributed by atoms with Gasteiger partial charge in [-0.1, -0.05) is 18.2 Å². The Labute approximate surface area is 178 Å². The van der Waals surface area contributed by atoms with Crippen LogP contribution in [0.3, 0.4) is 0 Å². The highest BCUT2D eigenvalue weighted by atomic mass is 16.6. The van der Waals surface area contributed by atoms with Crippen molar-refractivity contribution in [2.75, 3.05) is 44.2 Å². The number of carbonyl (C=O) groups excluding carboxylic acids is 2. The third-order valence-corrected chi connectivity index (χ3v) is 5.27. The SMILES string of the molecule is CC(C)(C)OC(=O)N1CCN(C(N)=NCCCC(=O)N2CCc3ccccc32)CC1. The number of guanidine groups is 1. The van der Waals surface area contributed by atoms with E-state index in [0.717, 1.165) is 18.7 Å². The van der Waals surface area contributed by atoms with Crippen molar-refractivity contribution in [2.45, 2.75) is 45.6 Å². The van der Waals surface area contributed by atoms with Crippen LogP contribution in [0.2, 0.25) is 0 Å². The van der Waals surface area contributed by atoms with Gasteiger partial charge in [0.2, 0.25) is 5.91 Å². The van der Waals surface area contributed by atoms with Crippen LogP contribution in [-0.2, 0) is 16.0 Å². The van der Waals surface area contributed by atoms with Gasteiger partial charge in [-0.2, -0.15) is 0 Å². The molecule has 8 nitrogen and oxygen atoms in total. The van der Waals surface area contributed by atoms with Gasteiger partial charge in [-0.15, -0.1) is 0 Å². The van der Waals surface area contributed by atoms with Gasteiger partial charge < -0.3 is 25.2 Å². The highest BCUT2D eigenvalue weighted by molar-refractivity contribution is 5.95. The molecule has 1 aromatic carbocycles. The number of carbonyl (C=O) groups is 2. The molecule has 164 valence electrons. The summed E-state index contributed by atoms with van der Waals surface area (Å²) < 4.78 is 5.41. The lowest BCUT2D eigenvalue weighted by Gasteiger charge is -2.36. The molecule has 3 rings (SSSR count). The zero-order chi connectivity index (χ0) is 21.7. The van der Waals surface area contributed by atoms with E-state index in [1.807, 2.05) is 48.8 Å². The van der Waals surface area contributed by atoms with Crippen molar-refractivity contribution in [2.24, 2.45) is 10.7 Å². The van der Waals surface area contributed by atoms with Crippen LogP contribution in [-0.4, -0.2) is 72.6 Å². The molecule has 2 amide bonds. The topological polar surface area (TPSA) is 91.5 Å². The van der Waals surface area contributed by atoms with E-state index >= 15 is 0 Å². The zero-order valence-corrected chi connectivity index (χ0v) is 18.3. The molecule has 0 saturated carbocycles. The third-order valence-electron chi connectivity index (χ3n) is 5.27. The van der Waals surface area contributed by atoms with Crippen molar-refractivity contribution >= 4 is 23.6 Å². The number of nitrogens with zero attached hydrogens (tertiary/aromatic N) is 4. The van der Waals surface area contributed by atoms with Gasteiger partial charge in [0.05, 0.1) is 0 Å². The second-order valence-corrected chi connectivity index (χ2v) is 8.72. The van der Waals surface area contributed by atoms with Crippen LogP contribution in [0.1, 0.15) is 39.2 Å². The van der Waals surface area contributed by atoms with Crippen molar-refractivity contribution in [3.63, 3.8) is 0 Å². The number of nitrogens with two attached hydrogens (primary N) is 1. The lowest BCUT2D eigenvalue weighted by molar-refractivity contribution is -0.118. The van der Waals surface area contributed by atoms with Crippen LogP contribution < -0.4 is 10.6 Å². The van der Waals surface area contributed by atoms with Gasteiger partial charge in [0.1, 0.15) is 5.60 Å². The fourth-order valence-corrected chi connectivity index (χ4v) is 3.70. The van der Waals surface area contributed by atoms with Crippen LogP contribution in [0.25, 0.3) is 0 Å². The Kier molecular flexibility index (Phi) is 6.84. The number of rotatable bonds is 4. The number of hydrogen-bond donors (Lipinski definition) is 1. The maximum absolute atomic E-state index is 12.5. The second kappa shape index (κ2) is 9.36. The molecule has 2 aliphatic heterocycles. The predicted octanol–water partition coefficient (Wildman–Crippen LogP) is 2.22. The Morgan fingerprint density at radius 1 is 1.07 bits per heavy atom. The van der Waals surface area contributed by atoms with Crippen LogP contribution in [0.4, 0.5) is 10.5 Å². The Balaban J connectivity index is 1.39. The van der Waals surface area contributed by atoms with Gasteiger partial charge in [-0.05, 0) is 45.2 Å². The first kappa shape index (κ1) is 21.9. The molecule has 0 radical (unpaired) electrons. The summed E-state index contributed by atoms with van der Waals surface area (Å²) in [5.41, 5.74) is 7.89. The zero-order valence-electron chi connectivity index (χ0n) is 18.3. The second-order valence-electron chi connectivity index (χ2n) is 8.72. The predicted molar refractivity (Wildman–Crippen MR) is 118 cm³/mol. The number of aliphatic imine (C=N–C) groups is 1. The normalized spacial score (nSPS) is 17.2. The molecule has 1 aromatic rings. The monoisotopic (exact) mass is 415 g/mol. The maximum Gasteiger partial charge on any atom is 0.410 e. The lowest BCUT2D eigenvalue weighted by atomic mass is 10.2. The summed E-state index contributed by atoms with van der Waals surface area (Å²) in [5.74, 6) is 0.609. The Hall–Kier alpha value is -2.77. The molecule has 0 bridgehead atoms. The number of benzene rings is 1. The van der Waals surface area contributed by atoms with Gasteiger partial charge in [-0.25, -0.2) is 4.79 Å². The van der Waals surface area contributed by atoms with Crippen LogP contribution in [0, 0.1) is 0 Å². The van der Waals surface area contributed by atoms with Gasteiger partial charge in [-0.3, -0.25) is 9.79 Å². The molecule has 2 N–H and O–H groups in total. The Morgan fingerprint density at radius 3 is 2.43 bits per heavy atom. The number of fused-ring (bicyclic) bond motifs is 1. The maximum atomic E-state index is 12.5. The molecule has 0 aliphatic carbocycles. The third kappa shape index (κ3) is 5.64. The minimum atomic E-state index is -0.497. The molecule has 0 unspecified atom stereocenters. The van der Waals surface area contributed by atoms with Gasteiger partial charge >= 0.3 is 6.09 Å². The minimum absolute atomic E-state index is 0.139. The molecule has 1 fully saturated rings. The van der Waals surface area contributed by atoms with Gasteiger partial charge in [0.25, 0.3) is 0 Å². The molecular formula is C22H33N5O3. The van der Waals surface area contributed by atoms with E-state index in [-0.39, 0.29) is 12.0 Å². The van der Waals surface area contributed by atoms with Crippen molar-refractivity contribution < 1.29 is 14.3 Å². The quantitative estimate of drug-likeness (QED) is 0.463. The first-order valence-corrected chi connectivity index (χ1v) is 10.7. The van der Waals surface area contributed by atoms with Crippen LogP contribution in [0.15, 0.2) is 29.3 Å². The summed E-state index contributed by atoms with van der Waals surface area (Å²) >= 11 is 0. The molecule has 0 atom stereocenters. The fraction of sp³-hybridized carbons (Fsp3) is 0.591. The van der Waals surface area contributed by atoms with Crippen LogP contribution >= 0.6 is 0 Å². The number of para-hydroxylation sites is 1. The number of hydrogen-bond acceptors (Lipinski definition) is 4. The number of anilines is 1. The van der Waals surface area contributed by atoms with E-state index < -0.39 is 5.60 Å². The Morgan fingerprint density at radius 2 is 1.73 bits per heavy atom. The van der Waals surface area contributed by atoms with Crippen LogP contribution in [0.5, 0.6) is 0 Å². The Bertz CT molecular complexity index is 794. The van der Waals surface area contributed by atoms with E-state index in [1.165, 1.54) is 5.56 Å². The van der Waals surface area contributed by atoms with Crippen molar-refractivity contribution in [3.8, 4) is 0 Å². The average molecular weight is 416 g/mol. The molecule has 8 heteroatoms. The molecule has 0 aromatic heterocycles. The largest absolute Gasteiger partial charge is 0.444 e. The standard InChI is InChI=1S/C22H33N5O3/c1-22(2,3)30-21(29)26-15-13-25(14-16-26)20(23)24-11-6-9-19(28)27-12-10-17-7-4-5-8-18(17)27/h4-5,7-8H,6,9-16H2,1-3H3,(H2,23,24). The van der Waals surface area contributed by atoms with E-state index in [9.17, 15) is 9.59 Å². The first-order chi connectivity index (χ1) is 14.2. The molecular weight excluding hydrogens is 382 g/mol. The van der Waals surface area contributed by atoms with Gasteiger partial charge in [0, 0.05) is 51.4 Å². The molecule has 2 aliphatic rings. The molecule has 2 heterocycles. The smallest absolute Gasteiger partial charge is 0.410 e. The summed E-state index contributed by atoms with van der Waals surface area (Å²) in [6, 6.07) is 8.07. The van der Waals surface area contributed by atoms with E-state index in [1.54, 1.807) is 4.90 Å². The fourth-order valence-electron chi connectivity index (χ4n) is 3.70. The van der Waals surface area contributed by atoms with E-state index in [4.69, 9.17) is 10.5 Å². The summed E-state index contributed by atoms with van der Waals surface area (Å²) in [6.07, 6.45) is 1.75. The average Bonchev–Trinajstić information content (AvgIpc) is 3.14. The lowest BCUT2D eigenvalue weighted by Crippen LogP contribution is -2.53. The minimum Gasteiger partial charge on any atom is -0.444 e. The van der Waals surface area contributed by atoms with Crippen molar-refractivity contribution in [1.82, 2.24) is 9.80 Å². The summed E-state index contributed by atoms with van der Waals surface area (Å²) in [5, 5.41) is 0. The first-order valence-electron chi connectivity index (χ1n) is 10.7. The highest BCUT2D eigenvalue weighted by Crippen LogP contribution is 2.28. The van der Waals surface area contributed by atoms with E-state index in [0.29, 0.717) is 51.5 Å². The highest BCUT2D eigenvalue weighted by Gasteiger charge is 2.26. The summed E-state index contributed by atoms with van der Waals surface area (Å²) in [4.78, 5) is 34.7. The number of ether oxygens (including phenoxy) is 1. The number of amides is 2. The van der Waals surface area contributed by atoms with Crippen molar-refractivity contribution in [3.05, 3.63) is 29.8 Å². The summed E-state index contributed by atoms with van der Waals surface area (Å²) in [6.45, 7) is 9.20. The molecule has 1 saturated heterocycles.